The summed E-state index contributed by atoms with van der Waals surface area (Å²) >= 11 is 0. The second kappa shape index (κ2) is 38.9. The van der Waals surface area contributed by atoms with E-state index in [0.717, 1.165) is 25.7 Å². The van der Waals surface area contributed by atoms with Crippen molar-refractivity contribution in [2.75, 3.05) is 13.2 Å². The van der Waals surface area contributed by atoms with Gasteiger partial charge in [0.2, 0.25) is 0 Å². The number of hydrogen-bond acceptors (Lipinski definition) is 4. The summed E-state index contributed by atoms with van der Waals surface area (Å²) in [6, 6.07) is 0. The van der Waals surface area contributed by atoms with Gasteiger partial charge in [-0.3, -0.25) is 4.57 Å². The second-order valence-electron chi connectivity index (χ2n) is 12.7. The van der Waals surface area contributed by atoms with Crippen molar-refractivity contribution >= 4 is 56.7 Å². The monoisotopic (exact) mass is 739 g/mol. The summed E-state index contributed by atoms with van der Waals surface area (Å²) in [4.78, 5) is 11.9. The molecule has 0 aliphatic heterocycles. The maximum absolute atomic E-state index is 11.9. The third kappa shape index (κ3) is 39.7. The summed E-state index contributed by atoms with van der Waals surface area (Å²) in [5.41, 5.74) is 0. The predicted octanol–water partition coefficient (Wildman–Crippen LogP) is 12.6. The molecule has 0 N–H and O–H groups in total. The molecular weight excluding hydrogens is 665 g/mol. The molecular formula is C36H74BaO4P+. The minimum atomic E-state index is -4.12. The maximum atomic E-state index is 11.9. The molecule has 0 spiro atoms. The van der Waals surface area contributed by atoms with E-state index in [9.17, 15) is 9.46 Å². The van der Waals surface area contributed by atoms with Gasteiger partial charge in [-0.2, -0.15) is 0 Å². The Hall–Kier alpha value is 1.68. The van der Waals surface area contributed by atoms with Gasteiger partial charge in [0, 0.05) is 0 Å². The molecule has 0 amide bonds. The summed E-state index contributed by atoms with van der Waals surface area (Å²) in [5, 5.41) is 0. The predicted molar refractivity (Wildman–Crippen MR) is 184 cm³/mol. The molecule has 0 rings (SSSR count). The molecule has 0 aromatic carbocycles. The number of hydrogen-bond donors (Lipinski definition) is 0. The standard InChI is InChI=1S/C36H75O4P.Ba/c1-3-5-7-9-11-13-15-17-19-21-23-25-27-29-31-33-35-39-41(37,38)40-36-34-32-30-28-26-24-22-20-18-16-14-12-10-8-6-4-2;/h3-36H2,1-2H3,(H,37,38);/q;+2/p-1. The van der Waals surface area contributed by atoms with Gasteiger partial charge in [0.1, 0.15) is 0 Å². The fraction of sp³-hybridized carbons (Fsp3) is 1.00. The number of phosphoric ester groups is 1. The van der Waals surface area contributed by atoms with E-state index in [2.05, 4.69) is 13.8 Å². The summed E-state index contributed by atoms with van der Waals surface area (Å²) in [5.74, 6) is 0. The summed E-state index contributed by atoms with van der Waals surface area (Å²) in [6.45, 7) is 5.08. The van der Waals surface area contributed by atoms with Gasteiger partial charge in [-0.05, 0) is 12.8 Å². The topological polar surface area (TPSA) is 58.6 Å². The first-order valence-corrected chi connectivity index (χ1v) is 20.2. The van der Waals surface area contributed by atoms with Crippen LogP contribution in [-0.4, -0.2) is 62.1 Å². The van der Waals surface area contributed by atoms with Gasteiger partial charge in [-0.25, -0.2) is 0 Å². The molecule has 0 radical (unpaired) electrons. The van der Waals surface area contributed by atoms with E-state index in [1.807, 2.05) is 0 Å². The van der Waals surface area contributed by atoms with Crippen molar-refractivity contribution in [1.82, 2.24) is 0 Å². The molecule has 0 aromatic rings. The summed E-state index contributed by atoms with van der Waals surface area (Å²) < 4.78 is 22.0. The van der Waals surface area contributed by atoms with Crippen LogP contribution in [0.3, 0.4) is 0 Å². The van der Waals surface area contributed by atoms with E-state index in [-0.39, 0.29) is 62.1 Å². The molecule has 0 aliphatic carbocycles. The van der Waals surface area contributed by atoms with E-state index >= 15 is 0 Å². The van der Waals surface area contributed by atoms with Gasteiger partial charge in [-0.15, -0.1) is 0 Å². The Bertz CT molecular complexity index is 493. The zero-order valence-electron chi connectivity index (χ0n) is 28.8. The molecule has 248 valence electrons. The van der Waals surface area contributed by atoms with Crippen molar-refractivity contribution in [3.63, 3.8) is 0 Å². The Balaban J connectivity index is 0. The van der Waals surface area contributed by atoms with E-state index in [1.165, 1.54) is 180 Å². The minimum Gasteiger partial charge on any atom is -0.756 e. The Morgan fingerprint density at radius 1 is 0.357 bits per heavy atom. The zero-order valence-corrected chi connectivity index (χ0v) is 34.2. The van der Waals surface area contributed by atoms with Gasteiger partial charge in [0.05, 0.1) is 13.2 Å². The van der Waals surface area contributed by atoms with E-state index < -0.39 is 7.82 Å². The minimum absolute atomic E-state index is 0. The average Bonchev–Trinajstić information content (AvgIpc) is 2.96. The quantitative estimate of drug-likeness (QED) is 0.0365. The molecule has 6 heteroatoms. The molecule has 0 aromatic heterocycles. The van der Waals surface area contributed by atoms with Gasteiger partial charge < -0.3 is 13.9 Å². The van der Waals surface area contributed by atoms with Crippen LogP contribution in [0, 0.1) is 0 Å². The van der Waals surface area contributed by atoms with E-state index in [1.54, 1.807) is 0 Å². The summed E-state index contributed by atoms with van der Waals surface area (Å²) in [7, 11) is -4.12. The van der Waals surface area contributed by atoms with Gasteiger partial charge >= 0.3 is 48.9 Å². The van der Waals surface area contributed by atoms with Crippen LogP contribution in [0.1, 0.15) is 219 Å². The molecule has 0 aliphatic rings. The SMILES string of the molecule is CCCCCCCCCCCCCCCCCCOP(=O)([O-])OCCCCCCCCCCCCCCCCCC.[Ba+2]. The van der Waals surface area contributed by atoms with Crippen LogP contribution >= 0.6 is 7.82 Å². The Morgan fingerprint density at radius 2 is 0.524 bits per heavy atom. The van der Waals surface area contributed by atoms with Crippen molar-refractivity contribution in [3.8, 4) is 0 Å². The van der Waals surface area contributed by atoms with Crippen molar-refractivity contribution in [3.05, 3.63) is 0 Å². The average molecular weight is 739 g/mol. The third-order valence-electron chi connectivity index (χ3n) is 8.49. The normalized spacial score (nSPS) is 11.7. The van der Waals surface area contributed by atoms with Crippen molar-refractivity contribution < 1.29 is 18.5 Å². The van der Waals surface area contributed by atoms with Crippen LogP contribution < -0.4 is 4.89 Å². The van der Waals surface area contributed by atoms with Gasteiger partial charge in [0.25, 0.3) is 7.82 Å². The first-order valence-electron chi connectivity index (χ1n) is 18.7. The zero-order chi connectivity index (χ0) is 30.0. The van der Waals surface area contributed by atoms with Crippen molar-refractivity contribution in [2.45, 2.75) is 219 Å². The molecule has 4 nitrogen and oxygen atoms in total. The van der Waals surface area contributed by atoms with Crippen LogP contribution in [0.5, 0.6) is 0 Å². The fourth-order valence-corrected chi connectivity index (χ4v) is 6.47. The molecule has 0 fully saturated rings. The van der Waals surface area contributed by atoms with Crippen molar-refractivity contribution in [1.29, 1.82) is 0 Å². The van der Waals surface area contributed by atoms with Crippen molar-refractivity contribution in [2.24, 2.45) is 0 Å². The Labute approximate surface area is 305 Å². The number of phosphoric acid groups is 1. The molecule has 0 saturated heterocycles. The third-order valence-corrected chi connectivity index (χ3v) is 9.49. The molecule has 0 atom stereocenters. The summed E-state index contributed by atoms with van der Waals surface area (Å²) in [6.07, 6.45) is 41.9. The second-order valence-corrected chi connectivity index (χ2v) is 14.1. The molecule has 0 heterocycles. The first kappa shape index (κ1) is 45.8. The Morgan fingerprint density at radius 3 is 0.714 bits per heavy atom. The molecule has 42 heavy (non-hydrogen) atoms. The largest absolute Gasteiger partial charge is 2.00 e. The number of rotatable bonds is 36. The molecule has 0 saturated carbocycles. The number of unbranched alkanes of at least 4 members (excludes halogenated alkanes) is 30. The smallest absolute Gasteiger partial charge is 0.756 e. The maximum Gasteiger partial charge on any atom is 2.00 e. The Kier molecular flexibility index (Phi) is 42.4. The van der Waals surface area contributed by atoms with E-state index in [0.29, 0.717) is 0 Å². The van der Waals surface area contributed by atoms with Crippen LogP contribution in [0.4, 0.5) is 0 Å². The van der Waals surface area contributed by atoms with Crippen LogP contribution in [-0.2, 0) is 13.6 Å². The molecule has 0 unspecified atom stereocenters. The first-order chi connectivity index (χ1) is 20.1. The van der Waals surface area contributed by atoms with Gasteiger partial charge in [0.15, 0.2) is 0 Å². The fourth-order valence-electron chi connectivity index (χ4n) is 5.69. The van der Waals surface area contributed by atoms with Crippen LogP contribution in [0.25, 0.3) is 0 Å². The van der Waals surface area contributed by atoms with Gasteiger partial charge in [-0.1, -0.05) is 206 Å². The van der Waals surface area contributed by atoms with Crippen LogP contribution in [0.15, 0.2) is 0 Å². The van der Waals surface area contributed by atoms with Crippen LogP contribution in [0.2, 0.25) is 0 Å². The van der Waals surface area contributed by atoms with E-state index in [4.69, 9.17) is 9.05 Å². The molecule has 0 bridgehead atoms.